The normalized spacial score (nSPS) is 10.7. The Kier molecular flexibility index (Phi) is 3.29. The molecule has 1 amide bonds. The van der Waals surface area contributed by atoms with Crippen LogP contribution in [0.2, 0.25) is 0 Å². The van der Waals surface area contributed by atoms with Gasteiger partial charge in [0, 0.05) is 30.0 Å². The fraction of sp³-hybridized carbons (Fsp3) is 0.143. The molecular weight excluding hydrogens is 258 g/mol. The van der Waals surface area contributed by atoms with Crippen molar-refractivity contribution < 1.29 is 4.79 Å². The van der Waals surface area contributed by atoms with Gasteiger partial charge in [0.05, 0.1) is 5.56 Å². The van der Waals surface area contributed by atoms with Crippen molar-refractivity contribution in [2.75, 3.05) is 6.54 Å². The summed E-state index contributed by atoms with van der Waals surface area (Å²) in [7, 11) is 0. The van der Waals surface area contributed by atoms with Crippen LogP contribution in [-0.4, -0.2) is 21.8 Å². The number of hydrogen-bond donors (Lipinski definition) is 1. The van der Waals surface area contributed by atoms with Crippen LogP contribution >= 0.6 is 11.3 Å². The summed E-state index contributed by atoms with van der Waals surface area (Å²) in [5, 5.41) is 4.97. The van der Waals surface area contributed by atoms with Gasteiger partial charge in [-0.05, 0) is 30.0 Å². The number of imidazole rings is 1. The van der Waals surface area contributed by atoms with Gasteiger partial charge in [-0.15, -0.1) is 11.3 Å². The Morgan fingerprint density at radius 3 is 3.16 bits per heavy atom. The third-order valence-electron chi connectivity index (χ3n) is 2.89. The maximum Gasteiger partial charge on any atom is 0.252 e. The van der Waals surface area contributed by atoms with Gasteiger partial charge in [0.1, 0.15) is 5.65 Å². The molecule has 0 bridgehead atoms. The zero-order valence-corrected chi connectivity index (χ0v) is 11.1. The Labute approximate surface area is 114 Å². The second-order valence-corrected chi connectivity index (χ2v) is 5.23. The van der Waals surface area contributed by atoms with Crippen LogP contribution in [0.3, 0.4) is 0 Å². The lowest BCUT2D eigenvalue weighted by atomic mass is 10.2. The third kappa shape index (κ3) is 2.66. The van der Waals surface area contributed by atoms with Crippen LogP contribution in [0.1, 0.15) is 15.2 Å². The molecule has 0 atom stereocenters. The summed E-state index contributed by atoms with van der Waals surface area (Å²) in [5.74, 6) is -0.0489. The number of thiophene rings is 1. The van der Waals surface area contributed by atoms with Crippen molar-refractivity contribution in [3.05, 3.63) is 58.7 Å². The molecule has 0 spiro atoms. The molecular formula is C14H13N3OS. The van der Waals surface area contributed by atoms with Crippen LogP contribution in [-0.2, 0) is 6.42 Å². The van der Waals surface area contributed by atoms with Gasteiger partial charge < -0.3 is 9.72 Å². The van der Waals surface area contributed by atoms with E-state index in [1.165, 1.54) is 4.88 Å². The zero-order chi connectivity index (χ0) is 13.1. The van der Waals surface area contributed by atoms with E-state index in [1.54, 1.807) is 29.8 Å². The number of carbonyl (C=O) groups is 1. The minimum absolute atomic E-state index is 0.0489. The van der Waals surface area contributed by atoms with Crippen molar-refractivity contribution in [2.45, 2.75) is 6.42 Å². The lowest BCUT2D eigenvalue weighted by molar-refractivity contribution is 0.0954. The first-order valence-corrected chi connectivity index (χ1v) is 6.94. The molecule has 4 nitrogen and oxygen atoms in total. The monoisotopic (exact) mass is 271 g/mol. The molecule has 19 heavy (non-hydrogen) atoms. The van der Waals surface area contributed by atoms with E-state index in [9.17, 15) is 4.79 Å². The second-order valence-electron chi connectivity index (χ2n) is 4.20. The van der Waals surface area contributed by atoms with Gasteiger partial charge in [0.2, 0.25) is 0 Å². The van der Waals surface area contributed by atoms with Gasteiger partial charge in [-0.25, -0.2) is 4.98 Å². The summed E-state index contributed by atoms with van der Waals surface area (Å²) >= 11 is 1.71. The van der Waals surface area contributed by atoms with E-state index >= 15 is 0 Å². The summed E-state index contributed by atoms with van der Waals surface area (Å²) in [6.45, 7) is 0.654. The molecule has 5 heteroatoms. The summed E-state index contributed by atoms with van der Waals surface area (Å²) in [6, 6.07) is 7.74. The van der Waals surface area contributed by atoms with Crippen LogP contribution < -0.4 is 5.32 Å². The second kappa shape index (κ2) is 5.24. The molecule has 0 radical (unpaired) electrons. The lowest BCUT2D eigenvalue weighted by Gasteiger charge is -2.04. The molecule has 0 aliphatic heterocycles. The number of pyridine rings is 1. The third-order valence-corrected chi connectivity index (χ3v) is 3.82. The standard InChI is InChI=1S/C14H13N3OS/c18-14(16-6-5-12-2-1-9-19-12)11-3-4-13-15-7-8-17(13)10-11/h1-4,7-10H,5-6H2,(H,16,18). The van der Waals surface area contributed by atoms with E-state index in [1.807, 2.05) is 28.1 Å². The molecule has 0 saturated heterocycles. The fourth-order valence-electron chi connectivity index (χ4n) is 1.91. The van der Waals surface area contributed by atoms with E-state index in [4.69, 9.17) is 0 Å². The molecule has 3 aromatic heterocycles. The van der Waals surface area contributed by atoms with Crippen molar-refractivity contribution in [3.8, 4) is 0 Å². The zero-order valence-electron chi connectivity index (χ0n) is 10.2. The van der Waals surface area contributed by atoms with Gasteiger partial charge in [-0.3, -0.25) is 4.79 Å². The summed E-state index contributed by atoms with van der Waals surface area (Å²) in [6.07, 6.45) is 6.21. The van der Waals surface area contributed by atoms with Crippen molar-refractivity contribution in [1.82, 2.24) is 14.7 Å². The molecule has 0 unspecified atom stereocenters. The first-order valence-electron chi connectivity index (χ1n) is 6.06. The maximum atomic E-state index is 12.0. The average Bonchev–Trinajstić information content (AvgIpc) is 3.08. The SMILES string of the molecule is O=C(NCCc1cccs1)c1ccc2nccn2c1. The van der Waals surface area contributed by atoms with Gasteiger partial charge in [0.15, 0.2) is 0 Å². The summed E-state index contributed by atoms with van der Waals surface area (Å²) in [5.41, 5.74) is 1.49. The molecule has 3 aromatic rings. The molecule has 0 saturated carbocycles. The number of nitrogens with zero attached hydrogens (tertiary/aromatic N) is 2. The molecule has 0 aliphatic rings. The van der Waals surface area contributed by atoms with Crippen LogP contribution in [0.25, 0.3) is 5.65 Å². The number of carbonyl (C=O) groups excluding carboxylic acids is 1. The Morgan fingerprint density at radius 2 is 2.32 bits per heavy atom. The predicted molar refractivity (Wildman–Crippen MR) is 75.5 cm³/mol. The van der Waals surface area contributed by atoms with Crippen molar-refractivity contribution in [2.24, 2.45) is 0 Å². The molecule has 0 aliphatic carbocycles. The van der Waals surface area contributed by atoms with Gasteiger partial charge in [-0.1, -0.05) is 6.07 Å². The fourth-order valence-corrected chi connectivity index (χ4v) is 2.62. The van der Waals surface area contributed by atoms with Gasteiger partial charge in [0.25, 0.3) is 5.91 Å². The first kappa shape index (κ1) is 11.9. The largest absolute Gasteiger partial charge is 0.352 e. The van der Waals surface area contributed by atoms with Crippen LogP contribution in [0.4, 0.5) is 0 Å². The minimum atomic E-state index is -0.0489. The van der Waals surface area contributed by atoms with E-state index in [-0.39, 0.29) is 5.91 Å². The highest BCUT2D eigenvalue weighted by molar-refractivity contribution is 7.09. The Bertz CT molecular complexity index is 688. The quantitative estimate of drug-likeness (QED) is 0.792. The number of fused-ring (bicyclic) bond motifs is 1. The van der Waals surface area contributed by atoms with Gasteiger partial charge in [-0.2, -0.15) is 0 Å². The maximum absolute atomic E-state index is 12.0. The highest BCUT2D eigenvalue weighted by Crippen LogP contribution is 2.08. The van der Waals surface area contributed by atoms with Crippen molar-refractivity contribution in [3.63, 3.8) is 0 Å². The number of rotatable bonds is 4. The van der Waals surface area contributed by atoms with Crippen LogP contribution in [0.5, 0.6) is 0 Å². The number of aromatic nitrogens is 2. The number of amides is 1. The van der Waals surface area contributed by atoms with Gasteiger partial charge >= 0.3 is 0 Å². The van der Waals surface area contributed by atoms with E-state index in [0.717, 1.165) is 12.1 Å². The minimum Gasteiger partial charge on any atom is -0.352 e. The van der Waals surface area contributed by atoms with Crippen LogP contribution in [0.15, 0.2) is 48.2 Å². The van der Waals surface area contributed by atoms with Crippen LogP contribution in [0, 0.1) is 0 Å². The summed E-state index contributed by atoms with van der Waals surface area (Å²) in [4.78, 5) is 17.4. The Morgan fingerprint density at radius 1 is 1.37 bits per heavy atom. The molecule has 1 N–H and O–H groups in total. The van der Waals surface area contributed by atoms with E-state index in [0.29, 0.717) is 12.1 Å². The molecule has 0 fully saturated rings. The average molecular weight is 271 g/mol. The molecule has 96 valence electrons. The lowest BCUT2D eigenvalue weighted by Crippen LogP contribution is -2.25. The van der Waals surface area contributed by atoms with Crippen molar-refractivity contribution in [1.29, 1.82) is 0 Å². The van der Waals surface area contributed by atoms with E-state index < -0.39 is 0 Å². The Hall–Kier alpha value is -2.14. The highest BCUT2D eigenvalue weighted by Gasteiger charge is 2.06. The van der Waals surface area contributed by atoms with Crippen molar-refractivity contribution >= 4 is 22.9 Å². The number of hydrogen-bond acceptors (Lipinski definition) is 3. The number of nitrogens with one attached hydrogen (secondary N) is 1. The Balaban J connectivity index is 1.63. The molecule has 0 aromatic carbocycles. The predicted octanol–water partition coefficient (Wildman–Crippen LogP) is 2.37. The molecule has 3 heterocycles. The molecule has 3 rings (SSSR count). The first-order chi connectivity index (χ1) is 9.33. The van der Waals surface area contributed by atoms with E-state index in [2.05, 4.69) is 16.4 Å². The highest BCUT2D eigenvalue weighted by atomic mass is 32.1. The topological polar surface area (TPSA) is 46.4 Å². The summed E-state index contributed by atoms with van der Waals surface area (Å²) < 4.78 is 1.84. The smallest absolute Gasteiger partial charge is 0.252 e.